The quantitative estimate of drug-likeness (QED) is 0.900. The van der Waals surface area contributed by atoms with Crippen LogP contribution in [0.2, 0.25) is 0 Å². The first kappa shape index (κ1) is 15.8. The first-order chi connectivity index (χ1) is 9.99. The number of nitrogens with one attached hydrogen (secondary N) is 1. The Morgan fingerprint density at radius 3 is 2.67 bits per heavy atom. The Hall–Kier alpha value is -1.59. The molecule has 0 aromatic heterocycles. The molecule has 1 aromatic rings. The minimum atomic E-state index is -0.184. The van der Waals surface area contributed by atoms with Gasteiger partial charge in [0.25, 0.3) is 0 Å². The highest BCUT2D eigenvalue weighted by Crippen LogP contribution is 2.30. The molecule has 0 aliphatic carbocycles. The van der Waals surface area contributed by atoms with Crippen molar-refractivity contribution in [1.29, 1.82) is 0 Å². The number of hydrogen-bond acceptors (Lipinski definition) is 4. The van der Waals surface area contributed by atoms with Crippen molar-refractivity contribution < 1.29 is 14.3 Å². The van der Waals surface area contributed by atoms with E-state index >= 15 is 0 Å². The number of hydrogen-bond donors (Lipinski definition) is 1. The maximum absolute atomic E-state index is 12.4. The van der Waals surface area contributed by atoms with Crippen molar-refractivity contribution in [2.45, 2.75) is 39.0 Å². The van der Waals surface area contributed by atoms with Gasteiger partial charge < -0.3 is 14.4 Å². The van der Waals surface area contributed by atoms with E-state index in [1.165, 1.54) is 0 Å². The third-order valence-electron chi connectivity index (χ3n) is 3.93. The number of carbonyl (C=O) groups excluding carboxylic acids is 1. The zero-order valence-corrected chi connectivity index (χ0v) is 13.3. The molecule has 21 heavy (non-hydrogen) atoms. The Labute approximate surface area is 126 Å². The molecule has 5 nitrogen and oxygen atoms in total. The lowest BCUT2D eigenvalue weighted by molar-refractivity contribution is -0.132. The van der Waals surface area contributed by atoms with Crippen LogP contribution >= 0.6 is 0 Å². The summed E-state index contributed by atoms with van der Waals surface area (Å²) in [6, 6.07) is 5.85. The third-order valence-corrected chi connectivity index (χ3v) is 3.93. The molecule has 5 heteroatoms. The fraction of sp³-hybridized carbons (Fsp3) is 0.562. The smallest absolute Gasteiger partial charge is 0.241 e. The van der Waals surface area contributed by atoms with Gasteiger partial charge in [-0.2, -0.15) is 0 Å². The standard InChI is InChI=1S/C16H24N2O3/c1-10-8-13(6-7-14(10)21-5)15-17-12(3)16(19)18(15)11(2)9-20-4/h6-8,11-12,15,17H,9H2,1-5H3. The summed E-state index contributed by atoms with van der Waals surface area (Å²) < 4.78 is 10.5. The van der Waals surface area contributed by atoms with Crippen LogP contribution in [0.5, 0.6) is 5.75 Å². The molecule has 1 aromatic carbocycles. The van der Waals surface area contributed by atoms with Crippen molar-refractivity contribution in [1.82, 2.24) is 10.2 Å². The van der Waals surface area contributed by atoms with Gasteiger partial charge in [-0.1, -0.05) is 6.07 Å². The molecule has 2 rings (SSSR count). The summed E-state index contributed by atoms with van der Waals surface area (Å²) >= 11 is 0. The van der Waals surface area contributed by atoms with Crippen molar-refractivity contribution in [3.8, 4) is 5.75 Å². The van der Waals surface area contributed by atoms with Crippen LogP contribution in [0.3, 0.4) is 0 Å². The molecule has 3 atom stereocenters. The number of ether oxygens (including phenoxy) is 2. The van der Waals surface area contributed by atoms with E-state index in [2.05, 4.69) is 11.4 Å². The second-order valence-electron chi connectivity index (χ2n) is 5.57. The molecule has 1 saturated heterocycles. The fourth-order valence-electron chi connectivity index (χ4n) is 2.86. The maximum Gasteiger partial charge on any atom is 0.241 e. The predicted molar refractivity (Wildman–Crippen MR) is 81.3 cm³/mol. The Morgan fingerprint density at radius 2 is 2.10 bits per heavy atom. The van der Waals surface area contributed by atoms with E-state index in [1.54, 1.807) is 14.2 Å². The van der Waals surface area contributed by atoms with Crippen molar-refractivity contribution >= 4 is 5.91 Å². The van der Waals surface area contributed by atoms with Gasteiger partial charge >= 0.3 is 0 Å². The molecular weight excluding hydrogens is 268 g/mol. The molecule has 0 spiro atoms. The Kier molecular flexibility index (Phi) is 4.85. The lowest BCUT2D eigenvalue weighted by Crippen LogP contribution is -2.40. The molecule has 1 fully saturated rings. The highest BCUT2D eigenvalue weighted by atomic mass is 16.5. The normalized spacial score (nSPS) is 23.5. The van der Waals surface area contributed by atoms with Crippen LogP contribution in [0.15, 0.2) is 18.2 Å². The molecule has 0 saturated carbocycles. The number of amides is 1. The minimum absolute atomic E-state index is 0.0207. The molecule has 1 aliphatic rings. The van der Waals surface area contributed by atoms with Gasteiger partial charge in [0.05, 0.1) is 25.8 Å². The molecule has 0 bridgehead atoms. The number of methoxy groups -OCH3 is 2. The van der Waals surface area contributed by atoms with Crippen LogP contribution < -0.4 is 10.1 Å². The van der Waals surface area contributed by atoms with Crippen LogP contribution in [0, 0.1) is 6.92 Å². The highest BCUT2D eigenvalue weighted by Gasteiger charge is 2.39. The van der Waals surface area contributed by atoms with E-state index in [4.69, 9.17) is 9.47 Å². The van der Waals surface area contributed by atoms with Gasteiger partial charge in [0.2, 0.25) is 5.91 Å². The van der Waals surface area contributed by atoms with Crippen LogP contribution in [0.4, 0.5) is 0 Å². The van der Waals surface area contributed by atoms with Gasteiger partial charge in [0.1, 0.15) is 11.9 Å². The van der Waals surface area contributed by atoms with Crippen LogP contribution in [-0.2, 0) is 9.53 Å². The van der Waals surface area contributed by atoms with Crippen molar-refractivity contribution in [3.63, 3.8) is 0 Å². The number of rotatable bonds is 5. The first-order valence-corrected chi connectivity index (χ1v) is 7.21. The van der Waals surface area contributed by atoms with E-state index in [0.717, 1.165) is 16.9 Å². The summed E-state index contributed by atoms with van der Waals surface area (Å²) in [4.78, 5) is 14.3. The van der Waals surface area contributed by atoms with Gasteiger partial charge in [0, 0.05) is 7.11 Å². The third kappa shape index (κ3) is 3.04. The number of carbonyl (C=O) groups is 1. The SMILES string of the molecule is COCC(C)N1C(=O)C(C)NC1c1ccc(OC)c(C)c1. The van der Waals surface area contributed by atoms with Crippen LogP contribution in [0.1, 0.15) is 31.1 Å². The van der Waals surface area contributed by atoms with E-state index in [-0.39, 0.29) is 24.2 Å². The highest BCUT2D eigenvalue weighted by molar-refractivity contribution is 5.84. The average Bonchev–Trinajstić information content (AvgIpc) is 2.75. The minimum Gasteiger partial charge on any atom is -0.496 e. The average molecular weight is 292 g/mol. The Morgan fingerprint density at radius 1 is 1.38 bits per heavy atom. The van der Waals surface area contributed by atoms with E-state index in [1.807, 2.05) is 37.8 Å². The molecule has 1 heterocycles. The zero-order chi connectivity index (χ0) is 15.6. The zero-order valence-electron chi connectivity index (χ0n) is 13.3. The monoisotopic (exact) mass is 292 g/mol. The van der Waals surface area contributed by atoms with Gasteiger partial charge in [-0.05, 0) is 44.0 Å². The Balaban J connectivity index is 2.31. The fourth-order valence-corrected chi connectivity index (χ4v) is 2.86. The molecule has 1 N–H and O–H groups in total. The number of nitrogens with zero attached hydrogens (tertiary/aromatic N) is 1. The van der Waals surface area contributed by atoms with Crippen molar-refractivity contribution in [3.05, 3.63) is 29.3 Å². The summed E-state index contributed by atoms with van der Waals surface area (Å²) in [5.41, 5.74) is 2.12. The van der Waals surface area contributed by atoms with Gasteiger partial charge in [-0.15, -0.1) is 0 Å². The predicted octanol–water partition coefficient (Wildman–Crippen LogP) is 1.86. The van der Waals surface area contributed by atoms with E-state index in [0.29, 0.717) is 6.61 Å². The van der Waals surface area contributed by atoms with Crippen molar-refractivity contribution in [2.24, 2.45) is 0 Å². The lowest BCUT2D eigenvalue weighted by atomic mass is 10.1. The molecule has 1 aliphatic heterocycles. The lowest BCUT2D eigenvalue weighted by Gasteiger charge is -2.30. The van der Waals surface area contributed by atoms with Gasteiger partial charge in [-0.25, -0.2) is 0 Å². The molecular formula is C16H24N2O3. The summed E-state index contributed by atoms with van der Waals surface area (Å²) in [7, 11) is 3.31. The summed E-state index contributed by atoms with van der Waals surface area (Å²) in [6.07, 6.45) is -0.123. The largest absolute Gasteiger partial charge is 0.496 e. The summed E-state index contributed by atoms with van der Waals surface area (Å²) in [6.45, 7) is 6.42. The topological polar surface area (TPSA) is 50.8 Å². The second kappa shape index (κ2) is 6.45. The molecule has 3 unspecified atom stereocenters. The molecule has 1 amide bonds. The molecule has 116 valence electrons. The maximum atomic E-state index is 12.4. The number of aryl methyl sites for hydroxylation is 1. The van der Waals surface area contributed by atoms with Crippen LogP contribution in [0.25, 0.3) is 0 Å². The summed E-state index contributed by atoms with van der Waals surface area (Å²) in [5, 5.41) is 3.35. The van der Waals surface area contributed by atoms with E-state index in [9.17, 15) is 4.79 Å². The van der Waals surface area contributed by atoms with Gasteiger partial charge in [0.15, 0.2) is 0 Å². The van der Waals surface area contributed by atoms with Crippen LogP contribution in [-0.4, -0.2) is 43.7 Å². The van der Waals surface area contributed by atoms with Crippen molar-refractivity contribution in [2.75, 3.05) is 20.8 Å². The van der Waals surface area contributed by atoms with Gasteiger partial charge in [-0.3, -0.25) is 10.1 Å². The number of benzene rings is 1. The summed E-state index contributed by atoms with van der Waals surface area (Å²) in [5.74, 6) is 0.964. The van der Waals surface area contributed by atoms with E-state index < -0.39 is 0 Å². The first-order valence-electron chi connectivity index (χ1n) is 7.21. The second-order valence-corrected chi connectivity index (χ2v) is 5.57. The Bertz CT molecular complexity index is 518. The molecule has 0 radical (unpaired) electrons.